The molecular weight excluding hydrogens is 956 g/mol. The predicted octanol–water partition coefficient (Wildman–Crippen LogP) is 12.4. The number of oxime groups is 1. The van der Waals surface area contributed by atoms with Crippen LogP contribution in [-0.4, -0.2) is 96.1 Å². The van der Waals surface area contributed by atoms with E-state index < -0.39 is 15.6 Å². The van der Waals surface area contributed by atoms with Crippen molar-refractivity contribution in [3.63, 3.8) is 0 Å². The molecule has 10 heteroatoms. The lowest BCUT2D eigenvalue weighted by Crippen LogP contribution is -2.53. The fourth-order valence-corrected chi connectivity index (χ4v) is 14.9. The van der Waals surface area contributed by atoms with Crippen molar-refractivity contribution >= 4 is 35.1 Å². The molecule has 2 bridgehead atoms. The summed E-state index contributed by atoms with van der Waals surface area (Å²) in [4.78, 5) is 24.6. The third kappa shape index (κ3) is 11.8. The number of benzene rings is 7. The minimum absolute atomic E-state index is 0.000178. The Labute approximate surface area is 446 Å². The standard InChI is InChI=1S/C64H69FN4O3S2/c1-3-58(67-72-2)61-57(48-35-37-55(65)38-36-48)45-56-46-59(70)62(61)69(56)41-22-40-68(42-44-74-64(52-29-16-7-17-30-52,53-31-18-8-19-32-53)54-33-20-9-21-34-54)47-60(71)66-39-43-73-63(49-23-10-4-11-24-49,50-25-12-5-13-26-50)51-27-14-6-15-28-51/h4-21,23-38,56-57,59,61-62,70H,3,22,39-47H2,1-2H3,(H,66,71)/b67-58+/t56?,57-,59-,61-,62?/m1/s1. The van der Waals surface area contributed by atoms with Gasteiger partial charge in [-0.25, -0.2) is 4.39 Å². The fraction of sp³-hybridized carbons (Fsp3) is 0.312. The SMILES string of the molecule is CC/C(=N\OC)[C@@H]1C2[C@H](O)CC(C[C@@H]1c1ccc(F)cc1)N2CCCN(CCSC(c1ccccc1)(c1ccccc1)c1ccccc1)CC(=O)NCCSC(c1ccccc1)(c1ccccc1)c1ccccc1. The Morgan fingerprint density at radius 2 is 1.11 bits per heavy atom. The molecule has 0 radical (unpaired) electrons. The first kappa shape index (κ1) is 52.8. The summed E-state index contributed by atoms with van der Waals surface area (Å²) in [6, 6.07) is 71.3. The molecule has 7 nitrogen and oxygen atoms in total. The van der Waals surface area contributed by atoms with Gasteiger partial charge in [0, 0.05) is 49.1 Å². The van der Waals surface area contributed by atoms with Crippen LogP contribution >= 0.6 is 23.5 Å². The van der Waals surface area contributed by atoms with E-state index in [2.05, 4.69) is 209 Å². The van der Waals surface area contributed by atoms with Gasteiger partial charge in [-0.2, -0.15) is 0 Å². The molecule has 2 heterocycles. The monoisotopic (exact) mass is 1020 g/mol. The Kier molecular flexibility index (Phi) is 18.2. The predicted molar refractivity (Wildman–Crippen MR) is 304 cm³/mol. The van der Waals surface area contributed by atoms with Gasteiger partial charge in [0.25, 0.3) is 0 Å². The maximum atomic E-state index is 14.4. The van der Waals surface area contributed by atoms with Crippen LogP contribution in [-0.2, 0) is 19.1 Å². The van der Waals surface area contributed by atoms with E-state index in [1.54, 1.807) is 7.11 Å². The Balaban J connectivity index is 0.953. The van der Waals surface area contributed by atoms with Gasteiger partial charge in [-0.1, -0.05) is 206 Å². The number of aliphatic hydroxyl groups is 1. The molecule has 0 aromatic heterocycles. The number of piperidine rings is 1. The second-order valence-corrected chi connectivity index (χ2v) is 22.1. The van der Waals surface area contributed by atoms with Crippen molar-refractivity contribution in [3.05, 3.63) is 251 Å². The average molecular weight is 1030 g/mol. The van der Waals surface area contributed by atoms with Crippen LogP contribution in [0.25, 0.3) is 0 Å². The van der Waals surface area contributed by atoms with E-state index in [0.717, 1.165) is 36.4 Å². The van der Waals surface area contributed by atoms with Crippen LogP contribution in [0.5, 0.6) is 0 Å². The van der Waals surface area contributed by atoms with Crippen molar-refractivity contribution in [2.75, 3.05) is 51.3 Å². The van der Waals surface area contributed by atoms with Gasteiger partial charge >= 0.3 is 0 Å². The molecule has 2 unspecified atom stereocenters. The summed E-state index contributed by atoms with van der Waals surface area (Å²) in [6.45, 7) is 4.99. The molecule has 2 aliphatic rings. The number of nitrogens with zero attached hydrogens (tertiary/aromatic N) is 3. The molecule has 7 aromatic carbocycles. The molecule has 1 amide bonds. The van der Waals surface area contributed by atoms with E-state index >= 15 is 0 Å². The highest BCUT2D eigenvalue weighted by atomic mass is 32.2. The Morgan fingerprint density at radius 3 is 1.54 bits per heavy atom. The zero-order chi connectivity index (χ0) is 51.2. The van der Waals surface area contributed by atoms with E-state index in [1.165, 1.54) is 45.5 Å². The van der Waals surface area contributed by atoms with Gasteiger partial charge < -0.3 is 15.3 Å². The molecule has 0 spiro atoms. The minimum atomic E-state index is -0.535. The first-order valence-corrected chi connectivity index (χ1v) is 28.2. The number of rotatable bonds is 24. The number of aliphatic hydroxyl groups excluding tert-OH is 1. The summed E-state index contributed by atoms with van der Waals surface area (Å²) >= 11 is 3.77. The van der Waals surface area contributed by atoms with Gasteiger partial charge in [-0.3, -0.25) is 14.6 Å². The number of hydrogen-bond donors (Lipinski definition) is 2. The maximum absolute atomic E-state index is 14.4. The molecule has 2 N–H and O–H groups in total. The topological polar surface area (TPSA) is 77.4 Å². The quantitative estimate of drug-likeness (QED) is 0.0270. The number of amides is 1. The summed E-state index contributed by atoms with van der Waals surface area (Å²) in [5, 5.41) is 19.7. The molecule has 5 atom stereocenters. The first-order valence-electron chi connectivity index (χ1n) is 26.2. The largest absolute Gasteiger partial charge is 0.399 e. The number of carbonyl (C=O) groups is 1. The molecular formula is C64H69FN4O3S2. The number of thioether (sulfide) groups is 2. The molecule has 9 rings (SSSR count). The molecule has 382 valence electrons. The van der Waals surface area contributed by atoms with E-state index in [9.17, 15) is 14.3 Å². The maximum Gasteiger partial charge on any atom is 0.234 e. The second kappa shape index (κ2) is 25.5. The lowest BCUT2D eigenvalue weighted by Gasteiger charge is -2.45. The van der Waals surface area contributed by atoms with Crippen LogP contribution in [0.2, 0.25) is 0 Å². The lowest BCUT2D eigenvalue weighted by atomic mass is 9.72. The molecule has 74 heavy (non-hydrogen) atoms. The first-order chi connectivity index (χ1) is 36.3. The summed E-state index contributed by atoms with van der Waals surface area (Å²) < 4.78 is 13.2. The summed E-state index contributed by atoms with van der Waals surface area (Å²) in [7, 11) is 1.58. The van der Waals surface area contributed by atoms with Crippen LogP contribution in [0.3, 0.4) is 0 Å². The number of nitrogens with one attached hydrogen (secondary N) is 1. The Bertz CT molecular complexity index is 2640. The third-order valence-electron chi connectivity index (χ3n) is 15.1. The highest BCUT2D eigenvalue weighted by Gasteiger charge is 2.53. The van der Waals surface area contributed by atoms with E-state index in [4.69, 9.17) is 4.84 Å². The van der Waals surface area contributed by atoms with Gasteiger partial charge in [0.2, 0.25) is 5.91 Å². The van der Waals surface area contributed by atoms with Gasteiger partial charge in [-0.05, 0) is 89.2 Å². The number of fused-ring (bicyclic) bond motifs is 2. The van der Waals surface area contributed by atoms with Gasteiger partial charge in [-0.15, -0.1) is 23.5 Å². The van der Waals surface area contributed by atoms with Crippen LogP contribution in [0.4, 0.5) is 4.39 Å². The zero-order valence-corrected chi connectivity index (χ0v) is 44.2. The number of halogens is 1. The molecule has 2 saturated heterocycles. The lowest BCUT2D eigenvalue weighted by molar-refractivity contribution is -0.122. The van der Waals surface area contributed by atoms with Crippen LogP contribution in [0.15, 0.2) is 211 Å². The van der Waals surface area contributed by atoms with Crippen LogP contribution in [0.1, 0.15) is 77.5 Å². The van der Waals surface area contributed by atoms with Crippen molar-refractivity contribution in [3.8, 4) is 0 Å². The summed E-state index contributed by atoms with van der Waals surface area (Å²) in [5.41, 5.74) is 9.18. The van der Waals surface area contributed by atoms with E-state index in [1.807, 2.05) is 35.7 Å². The van der Waals surface area contributed by atoms with Gasteiger partial charge in [0.05, 0.1) is 27.9 Å². The van der Waals surface area contributed by atoms with Crippen molar-refractivity contribution in [2.24, 2.45) is 11.1 Å². The minimum Gasteiger partial charge on any atom is -0.399 e. The van der Waals surface area contributed by atoms with Crippen molar-refractivity contribution in [1.82, 2.24) is 15.1 Å². The van der Waals surface area contributed by atoms with E-state index in [-0.39, 0.29) is 42.2 Å². The second-order valence-electron chi connectivity index (χ2n) is 19.5. The molecule has 0 aliphatic carbocycles. The normalized spacial score (nSPS) is 19.1. The van der Waals surface area contributed by atoms with Crippen molar-refractivity contribution in [2.45, 2.75) is 66.2 Å². The van der Waals surface area contributed by atoms with Crippen molar-refractivity contribution < 1.29 is 19.1 Å². The van der Waals surface area contributed by atoms with Gasteiger partial charge in [0.1, 0.15) is 12.9 Å². The number of hydrogen-bond acceptors (Lipinski definition) is 8. The van der Waals surface area contributed by atoms with Crippen LogP contribution in [0, 0.1) is 11.7 Å². The Morgan fingerprint density at radius 1 is 0.662 bits per heavy atom. The number of carbonyl (C=O) groups excluding carboxylic acids is 1. The third-order valence-corrected chi connectivity index (χ3v) is 18.2. The highest BCUT2D eigenvalue weighted by Crippen LogP contribution is 2.51. The van der Waals surface area contributed by atoms with Crippen molar-refractivity contribution in [1.29, 1.82) is 0 Å². The van der Waals surface area contributed by atoms with E-state index in [0.29, 0.717) is 38.2 Å². The molecule has 2 aliphatic heterocycles. The zero-order valence-electron chi connectivity index (χ0n) is 42.6. The van der Waals surface area contributed by atoms with Gasteiger partial charge in [0.15, 0.2) is 0 Å². The fourth-order valence-electron chi connectivity index (χ4n) is 11.9. The molecule has 2 fully saturated rings. The summed E-state index contributed by atoms with van der Waals surface area (Å²) in [6.07, 6.45) is 2.45. The summed E-state index contributed by atoms with van der Waals surface area (Å²) in [5.74, 6) is 1.17. The smallest absolute Gasteiger partial charge is 0.234 e. The molecule has 7 aromatic rings. The molecule has 0 saturated carbocycles. The highest BCUT2D eigenvalue weighted by molar-refractivity contribution is 8.00. The van der Waals surface area contributed by atoms with Crippen LogP contribution < -0.4 is 5.32 Å². The average Bonchev–Trinajstić information content (AvgIpc) is 3.67. The Hall–Kier alpha value is -6.01.